The summed E-state index contributed by atoms with van der Waals surface area (Å²) >= 11 is 0. The summed E-state index contributed by atoms with van der Waals surface area (Å²) in [4.78, 5) is 17.8. The van der Waals surface area contributed by atoms with Crippen LogP contribution in [-0.2, 0) is 16.1 Å². The van der Waals surface area contributed by atoms with Gasteiger partial charge in [-0.25, -0.2) is 4.98 Å². The van der Waals surface area contributed by atoms with E-state index in [-0.39, 0.29) is 5.91 Å². The fourth-order valence-electron chi connectivity index (χ4n) is 3.19. The lowest BCUT2D eigenvalue weighted by atomic mass is 10.2. The zero-order valence-electron chi connectivity index (χ0n) is 16.8. The number of para-hydroxylation sites is 1. The van der Waals surface area contributed by atoms with Gasteiger partial charge >= 0.3 is 0 Å². The van der Waals surface area contributed by atoms with Crippen molar-refractivity contribution < 1.29 is 9.00 Å². The highest BCUT2D eigenvalue weighted by Crippen LogP contribution is 2.21. The van der Waals surface area contributed by atoms with Gasteiger partial charge in [0.15, 0.2) is 5.69 Å². The van der Waals surface area contributed by atoms with Crippen LogP contribution < -0.4 is 5.32 Å². The van der Waals surface area contributed by atoms with Crippen molar-refractivity contribution in [1.82, 2.24) is 14.8 Å². The number of amides is 1. The summed E-state index contributed by atoms with van der Waals surface area (Å²) in [5, 5.41) is 8.16. The molecule has 2 aromatic heterocycles. The molecule has 7 heteroatoms. The van der Waals surface area contributed by atoms with Gasteiger partial charge in [-0.1, -0.05) is 36.4 Å². The second-order valence-electron chi connectivity index (χ2n) is 7.35. The van der Waals surface area contributed by atoms with Crippen LogP contribution in [0.15, 0.2) is 71.8 Å². The maximum absolute atomic E-state index is 12.9. The van der Waals surface area contributed by atoms with Gasteiger partial charge in [-0.15, -0.1) is 0 Å². The van der Waals surface area contributed by atoms with Gasteiger partial charge in [0, 0.05) is 22.7 Å². The maximum atomic E-state index is 12.9. The Bertz CT molecular complexity index is 1320. The standard InChI is InChI=1S/C23H22N4O2S/c1-16-8-13-21(24-14-16)25-23(28)22-19-6-4-5-7-20(19)27(26-22)15-17-9-11-18(12-10-17)30(2,3)29/h4-14H,2,15H2,1,3H3,(H,24,25,28). The van der Waals surface area contributed by atoms with Crippen LogP contribution in [0.3, 0.4) is 0 Å². The molecule has 0 bridgehead atoms. The van der Waals surface area contributed by atoms with E-state index in [1.165, 1.54) is 0 Å². The molecule has 1 atom stereocenters. The monoisotopic (exact) mass is 418 g/mol. The summed E-state index contributed by atoms with van der Waals surface area (Å²) in [7, 11) is -2.25. The number of nitrogens with one attached hydrogen (secondary N) is 1. The predicted molar refractivity (Wildman–Crippen MR) is 122 cm³/mol. The molecule has 30 heavy (non-hydrogen) atoms. The maximum Gasteiger partial charge on any atom is 0.277 e. The van der Waals surface area contributed by atoms with E-state index in [1.54, 1.807) is 23.2 Å². The molecule has 0 aliphatic carbocycles. The average molecular weight is 419 g/mol. The number of pyridine rings is 1. The Morgan fingerprint density at radius 1 is 1.10 bits per heavy atom. The molecule has 0 radical (unpaired) electrons. The van der Waals surface area contributed by atoms with Crippen LogP contribution in [0.25, 0.3) is 10.9 Å². The van der Waals surface area contributed by atoms with Crippen LogP contribution in [-0.4, -0.2) is 37.0 Å². The zero-order chi connectivity index (χ0) is 21.3. The molecule has 0 fully saturated rings. The topological polar surface area (TPSA) is 76.9 Å². The summed E-state index contributed by atoms with van der Waals surface area (Å²) in [6.07, 6.45) is 3.33. The van der Waals surface area contributed by atoms with Crippen molar-refractivity contribution in [1.29, 1.82) is 0 Å². The minimum atomic E-state index is -2.25. The quantitative estimate of drug-likeness (QED) is 0.501. The molecule has 4 rings (SSSR count). The third kappa shape index (κ3) is 4.11. The summed E-state index contributed by atoms with van der Waals surface area (Å²) in [6.45, 7) is 2.43. The number of nitrogens with zero attached hydrogens (tertiary/aromatic N) is 3. The molecule has 0 spiro atoms. The molecule has 1 N–H and O–H groups in total. The van der Waals surface area contributed by atoms with Crippen LogP contribution in [0.5, 0.6) is 0 Å². The molecule has 0 saturated heterocycles. The first kappa shape index (κ1) is 19.8. The van der Waals surface area contributed by atoms with Gasteiger partial charge in [0.2, 0.25) is 0 Å². The molecule has 2 heterocycles. The van der Waals surface area contributed by atoms with Crippen molar-refractivity contribution in [2.24, 2.45) is 0 Å². The third-order valence-corrected chi connectivity index (χ3v) is 6.05. The highest BCUT2D eigenvalue weighted by atomic mass is 32.2. The molecule has 152 valence electrons. The number of fused-ring (bicyclic) bond motifs is 1. The number of hydrogen-bond donors (Lipinski definition) is 1. The van der Waals surface area contributed by atoms with E-state index in [4.69, 9.17) is 0 Å². The smallest absolute Gasteiger partial charge is 0.277 e. The third-order valence-electron chi connectivity index (χ3n) is 4.78. The molecule has 0 saturated carbocycles. The highest BCUT2D eigenvalue weighted by molar-refractivity contribution is 7.99. The Morgan fingerprint density at radius 2 is 1.83 bits per heavy atom. The summed E-state index contributed by atoms with van der Waals surface area (Å²) < 4.78 is 13.9. The second kappa shape index (κ2) is 7.76. The van der Waals surface area contributed by atoms with Gasteiger partial charge in [0.25, 0.3) is 5.91 Å². The Morgan fingerprint density at radius 3 is 2.50 bits per heavy atom. The lowest BCUT2D eigenvalue weighted by molar-refractivity contribution is 0.102. The molecule has 1 unspecified atom stereocenters. The minimum Gasteiger partial charge on any atom is -0.305 e. The Labute approximate surface area is 175 Å². The van der Waals surface area contributed by atoms with Crippen molar-refractivity contribution in [3.05, 3.63) is 83.7 Å². The van der Waals surface area contributed by atoms with Gasteiger partial charge in [0.05, 0.1) is 12.1 Å². The van der Waals surface area contributed by atoms with Gasteiger partial charge in [-0.2, -0.15) is 5.10 Å². The van der Waals surface area contributed by atoms with Crippen molar-refractivity contribution in [2.75, 3.05) is 11.6 Å². The number of aryl methyl sites for hydroxylation is 1. The van der Waals surface area contributed by atoms with Gasteiger partial charge in [0.1, 0.15) is 5.82 Å². The molecular formula is C23H22N4O2S. The second-order valence-corrected chi connectivity index (χ2v) is 9.83. The molecule has 4 aromatic rings. The van der Waals surface area contributed by atoms with Gasteiger partial charge < -0.3 is 5.32 Å². The molecule has 0 aliphatic rings. The van der Waals surface area contributed by atoms with Crippen molar-refractivity contribution in [3.8, 4) is 0 Å². The fraction of sp³-hybridized carbons (Fsp3) is 0.130. The van der Waals surface area contributed by atoms with Crippen LogP contribution in [0.2, 0.25) is 0 Å². The normalized spacial score (nSPS) is 13.1. The zero-order valence-corrected chi connectivity index (χ0v) is 17.6. The molecular weight excluding hydrogens is 396 g/mol. The first-order valence-corrected chi connectivity index (χ1v) is 11.6. The SMILES string of the molecule is C=S(C)(=O)c1ccc(Cn2nc(C(=O)Nc3ccc(C)cn3)c3ccccc32)cc1. The Kier molecular flexibility index (Phi) is 5.13. The Balaban J connectivity index is 1.65. The highest BCUT2D eigenvalue weighted by Gasteiger charge is 2.17. The molecule has 0 aliphatic heterocycles. The first-order chi connectivity index (χ1) is 14.3. The van der Waals surface area contributed by atoms with Gasteiger partial charge in [-0.05, 0) is 57.7 Å². The van der Waals surface area contributed by atoms with Crippen molar-refractivity contribution in [3.63, 3.8) is 0 Å². The lowest BCUT2D eigenvalue weighted by Gasteiger charge is -2.07. The molecule has 1 amide bonds. The fourth-order valence-corrected chi connectivity index (χ4v) is 3.90. The largest absolute Gasteiger partial charge is 0.305 e. The van der Waals surface area contributed by atoms with E-state index in [2.05, 4.69) is 21.3 Å². The van der Waals surface area contributed by atoms with Crippen LogP contribution in [0.4, 0.5) is 5.82 Å². The predicted octanol–water partition coefficient (Wildman–Crippen LogP) is 3.75. The molecule has 6 nitrogen and oxygen atoms in total. The van der Waals surface area contributed by atoms with Crippen LogP contribution in [0, 0.1) is 6.92 Å². The van der Waals surface area contributed by atoms with E-state index in [0.717, 1.165) is 22.0 Å². The summed E-state index contributed by atoms with van der Waals surface area (Å²) in [5.41, 5.74) is 3.22. The summed E-state index contributed by atoms with van der Waals surface area (Å²) in [5.74, 6) is 3.89. The van der Waals surface area contributed by atoms with Gasteiger partial charge in [-0.3, -0.25) is 13.7 Å². The summed E-state index contributed by atoms with van der Waals surface area (Å²) in [6, 6.07) is 18.8. The van der Waals surface area contributed by atoms with Crippen molar-refractivity contribution in [2.45, 2.75) is 18.4 Å². The number of aromatic nitrogens is 3. The number of hydrogen-bond acceptors (Lipinski definition) is 4. The lowest BCUT2D eigenvalue weighted by Crippen LogP contribution is -2.14. The van der Waals surface area contributed by atoms with Crippen LogP contribution in [0.1, 0.15) is 21.6 Å². The number of carbonyl (C=O) groups is 1. The Hall–Kier alpha value is -3.45. The number of rotatable bonds is 5. The first-order valence-electron chi connectivity index (χ1n) is 9.42. The minimum absolute atomic E-state index is 0.306. The number of anilines is 1. The average Bonchev–Trinajstić information content (AvgIpc) is 3.08. The van der Waals surface area contributed by atoms with Crippen LogP contribution >= 0.6 is 0 Å². The number of benzene rings is 2. The van der Waals surface area contributed by atoms with E-state index in [9.17, 15) is 9.00 Å². The number of carbonyl (C=O) groups excluding carboxylic acids is 1. The van der Waals surface area contributed by atoms with E-state index in [0.29, 0.717) is 23.0 Å². The van der Waals surface area contributed by atoms with Crippen molar-refractivity contribution >= 4 is 38.0 Å². The van der Waals surface area contributed by atoms with E-state index in [1.807, 2.05) is 61.5 Å². The van der Waals surface area contributed by atoms with E-state index < -0.39 is 9.52 Å². The van der Waals surface area contributed by atoms with E-state index >= 15 is 0 Å². The molecule has 2 aromatic carbocycles.